The van der Waals surface area contributed by atoms with Crippen LogP contribution in [0.5, 0.6) is 5.75 Å². The van der Waals surface area contributed by atoms with Crippen molar-refractivity contribution in [1.29, 1.82) is 0 Å². The molecule has 0 unspecified atom stereocenters. The molecule has 116 valence electrons. The number of methoxy groups -OCH3 is 1. The van der Waals surface area contributed by atoms with E-state index < -0.39 is 0 Å². The van der Waals surface area contributed by atoms with Gasteiger partial charge in [-0.3, -0.25) is 4.79 Å². The van der Waals surface area contributed by atoms with Crippen LogP contribution in [0.1, 0.15) is 51.0 Å². The molecule has 3 heteroatoms. The fourth-order valence-corrected chi connectivity index (χ4v) is 2.73. The van der Waals surface area contributed by atoms with Gasteiger partial charge in [-0.25, -0.2) is 0 Å². The molecule has 0 aliphatic rings. The van der Waals surface area contributed by atoms with Gasteiger partial charge in [-0.2, -0.15) is 0 Å². The zero-order chi connectivity index (χ0) is 15.3. The number of rotatable bonds is 10. The van der Waals surface area contributed by atoms with E-state index in [4.69, 9.17) is 4.74 Å². The maximum Gasteiger partial charge on any atom is 0.212 e. The standard InChI is InChI=1S/C18H26O2S/c1-3-4-5-6-7-8-14-21-18(19)13-12-16-10-9-11-17(15-16)20-2/h9-13,15H,3-8,14H2,1-2H3/b13-12+. The second kappa shape index (κ2) is 11.4. The highest BCUT2D eigenvalue weighted by atomic mass is 32.2. The third-order valence-corrected chi connectivity index (χ3v) is 4.16. The van der Waals surface area contributed by atoms with E-state index in [0.717, 1.165) is 23.5 Å². The Kier molecular flexibility index (Phi) is 9.71. The SMILES string of the molecule is CCCCCCCCSC(=O)/C=C/c1cccc(OC)c1. The summed E-state index contributed by atoms with van der Waals surface area (Å²) in [6.07, 6.45) is 11.1. The highest BCUT2D eigenvalue weighted by Gasteiger charge is 1.98. The van der Waals surface area contributed by atoms with E-state index in [1.54, 1.807) is 13.2 Å². The van der Waals surface area contributed by atoms with E-state index in [1.165, 1.54) is 43.9 Å². The van der Waals surface area contributed by atoms with Crippen LogP contribution in [0.15, 0.2) is 30.3 Å². The van der Waals surface area contributed by atoms with Crippen molar-refractivity contribution >= 4 is 23.0 Å². The first-order valence-corrected chi connectivity index (χ1v) is 8.73. The molecule has 0 aliphatic heterocycles. The Hall–Kier alpha value is -1.22. The highest BCUT2D eigenvalue weighted by molar-refractivity contribution is 8.14. The normalized spacial score (nSPS) is 11.0. The highest BCUT2D eigenvalue weighted by Crippen LogP contribution is 2.15. The molecule has 0 heterocycles. The maximum absolute atomic E-state index is 11.8. The number of carbonyl (C=O) groups is 1. The molecule has 0 spiro atoms. The van der Waals surface area contributed by atoms with Crippen molar-refractivity contribution < 1.29 is 9.53 Å². The van der Waals surface area contributed by atoms with E-state index >= 15 is 0 Å². The summed E-state index contributed by atoms with van der Waals surface area (Å²) >= 11 is 1.41. The lowest BCUT2D eigenvalue weighted by Crippen LogP contribution is -1.89. The average molecular weight is 306 g/mol. The van der Waals surface area contributed by atoms with Gasteiger partial charge in [0.1, 0.15) is 5.75 Å². The number of unbranched alkanes of at least 4 members (excludes halogenated alkanes) is 5. The minimum Gasteiger partial charge on any atom is -0.497 e. The summed E-state index contributed by atoms with van der Waals surface area (Å²) in [7, 11) is 1.64. The summed E-state index contributed by atoms with van der Waals surface area (Å²) in [6, 6.07) is 7.70. The van der Waals surface area contributed by atoms with Crippen LogP contribution in [0, 0.1) is 0 Å². The van der Waals surface area contributed by atoms with Crippen molar-refractivity contribution in [3.05, 3.63) is 35.9 Å². The first kappa shape index (κ1) is 17.8. The average Bonchev–Trinajstić information content (AvgIpc) is 2.52. The van der Waals surface area contributed by atoms with E-state index in [1.807, 2.05) is 30.3 Å². The fourth-order valence-electron chi connectivity index (χ4n) is 2.01. The molecule has 0 fully saturated rings. The quantitative estimate of drug-likeness (QED) is 0.432. The summed E-state index contributed by atoms with van der Waals surface area (Å²) < 4.78 is 5.16. The van der Waals surface area contributed by atoms with Crippen LogP contribution < -0.4 is 4.74 Å². The monoisotopic (exact) mass is 306 g/mol. The summed E-state index contributed by atoms with van der Waals surface area (Å²) in [4.78, 5) is 11.8. The molecule has 0 atom stereocenters. The van der Waals surface area contributed by atoms with Gasteiger partial charge in [0.05, 0.1) is 7.11 Å². The van der Waals surface area contributed by atoms with Gasteiger partial charge in [-0.05, 0) is 30.2 Å². The van der Waals surface area contributed by atoms with E-state index in [-0.39, 0.29) is 5.12 Å². The number of hydrogen-bond acceptors (Lipinski definition) is 3. The smallest absolute Gasteiger partial charge is 0.212 e. The summed E-state index contributed by atoms with van der Waals surface area (Å²) in [5, 5.41) is 0.131. The maximum atomic E-state index is 11.8. The van der Waals surface area contributed by atoms with Crippen molar-refractivity contribution in [1.82, 2.24) is 0 Å². The largest absolute Gasteiger partial charge is 0.497 e. The zero-order valence-corrected chi connectivity index (χ0v) is 14.0. The van der Waals surface area contributed by atoms with Crippen LogP contribution >= 0.6 is 11.8 Å². The van der Waals surface area contributed by atoms with Gasteiger partial charge in [0, 0.05) is 5.75 Å². The minimum absolute atomic E-state index is 0.131. The first-order valence-electron chi connectivity index (χ1n) is 7.75. The molecular formula is C18H26O2S. The molecule has 0 saturated heterocycles. The van der Waals surface area contributed by atoms with Gasteiger partial charge >= 0.3 is 0 Å². The zero-order valence-electron chi connectivity index (χ0n) is 13.1. The predicted octanol–water partition coefficient (Wildman–Crippen LogP) is 5.33. The molecule has 1 aromatic rings. The molecule has 21 heavy (non-hydrogen) atoms. The van der Waals surface area contributed by atoms with Crippen molar-refractivity contribution in [3.8, 4) is 5.75 Å². The van der Waals surface area contributed by atoms with Gasteiger partial charge in [0.15, 0.2) is 0 Å². The van der Waals surface area contributed by atoms with Gasteiger partial charge in [-0.1, -0.05) is 69.0 Å². The number of thioether (sulfide) groups is 1. The van der Waals surface area contributed by atoms with Gasteiger partial charge < -0.3 is 4.74 Å². The van der Waals surface area contributed by atoms with Crippen LogP contribution in [-0.4, -0.2) is 18.0 Å². The Morgan fingerprint density at radius 3 is 2.71 bits per heavy atom. The minimum atomic E-state index is 0.131. The van der Waals surface area contributed by atoms with E-state index in [2.05, 4.69) is 6.92 Å². The van der Waals surface area contributed by atoms with Crippen molar-refractivity contribution in [2.45, 2.75) is 45.4 Å². The molecular weight excluding hydrogens is 280 g/mol. The molecule has 0 radical (unpaired) electrons. The van der Waals surface area contributed by atoms with Crippen LogP contribution in [0.25, 0.3) is 6.08 Å². The summed E-state index contributed by atoms with van der Waals surface area (Å²) in [6.45, 7) is 2.23. The van der Waals surface area contributed by atoms with E-state index in [9.17, 15) is 4.79 Å². The summed E-state index contributed by atoms with van der Waals surface area (Å²) in [5.41, 5.74) is 0.989. The Bertz CT molecular complexity index is 441. The van der Waals surface area contributed by atoms with Gasteiger partial charge in [0.25, 0.3) is 0 Å². The third kappa shape index (κ3) is 8.61. The molecule has 0 aromatic heterocycles. The molecule has 0 saturated carbocycles. The Labute approximate surface area is 133 Å². The lowest BCUT2D eigenvalue weighted by atomic mass is 10.1. The lowest BCUT2D eigenvalue weighted by Gasteiger charge is -2.00. The molecule has 0 N–H and O–H groups in total. The molecule has 0 aliphatic carbocycles. The van der Waals surface area contributed by atoms with Crippen molar-refractivity contribution in [3.63, 3.8) is 0 Å². The van der Waals surface area contributed by atoms with Crippen molar-refractivity contribution in [2.24, 2.45) is 0 Å². The lowest BCUT2D eigenvalue weighted by molar-refractivity contribution is -0.106. The van der Waals surface area contributed by atoms with Crippen molar-refractivity contribution in [2.75, 3.05) is 12.9 Å². The number of hydrogen-bond donors (Lipinski definition) is 0. The number of carbonyl (C=O) groups excluding carboxylic acids is 1. The fraction of sp³-hybridized carbons (Fsp3) is 0.500. The second-order valence-electron chi connectivity index (χ2n) is 5.05. The van der Waals surface area contributed by atoms with Crippen LogP contribution in [0.3, 0.4) is 0 Å². The summed E-state index contributed by atoms with van der Waals surface area (Å²) in [5.74, 6) is 1.73. The van der Waals surface area contributed by atoms with Gasteiger partial charge in [-0.15, -0.1) is 0 Å². The van der Waals surface area contributed by atoms with Crippen LogP contribution in [0.2, 0.25) is 0 Å². The van der Waals surface area contributed by atoms with Gasteiger partial charge in [0.2, 0.25) is 5.12 Å². The Morgan fingerprint density at radius 1 is 1.19 bits per heavy atom. The number of benzene rings is 1. The predicted molar refractivity (Wildman–Crippen MR) is 92.9 cm³/mol. The van der Waals surface area contributed by atoms with E-state index in [0.29, 0.717) is 0 Å². The topological polar surface area (TPSA) is 26.3 Å². The number of ether oxygens (including phenoxy) is 1. The molecule has 1 rings (SSSR count). The molecule has 2 nitrogen and oxygen atoms in total. The Balaban J connectivity index is 2.19. The second-order valence-corrected chi connectivity index (χ2v) is 6.14. The van der Waals surface area contributed by atoms with Crippen LogP contribution in [-0.2, 0) is 4.79 Å². The molecule has 1 aromatic carbocycles. The Morgan fingerprint density at radius 2 is 1.95 bits per heavy atom. The third-order valence-electron chi connectivity index (χ3n) is 3.25. The molecule has 0 amide bonds. The van der Waals surface area contributed by atoms with Crippen LogP contribution in [0.4, 0.5) is 0 Å². The first-order chi connectivity index (χ1) is 10.3. The molecule has 0 bridgehead atoms.